The van der Waals surface area contributed by atoms with Crippen LogP contribution in [-0.2, 0) is 0 Å². The SMILES string of the molecule is Cc1ncsc1C(=O)N1CCC[C@@H]1c1cccs1. The van der Waals surface area contributed by atoms with Crippen molar-refractivity contribution >= 4 is 28.6 Å². The van der Waals surface area contributed by atoms with Gasteiger partial charge in [-0.25, -0.2) is 4.98 Å². The van der Waals surface area contributed by atoms with Crippen molar-refractivity contribution in [2.45, 2.75) is 25.8 Å². The van der Waals surface area contributed by atoms with Crippen molar-refractivity contribution in [3.63, 3.8) is 0 Å². The van der Waals surface area contributed by atoms with Crippen LogP contribution in [0.4, 0.5) is 0 Å². The standard InChI is InChI=1S/C13H14N2OS2/c1-9-12(18-8-14-9)13(16)15-6-2-4-10(15)11-5-3-7-17-11/h3,5,7-8,10H,2,4,6H2,1H3/t10-/m1/s1. The number of likely N-dealkylation sites (tertiary alicyclic amines) is 1. The number of amides is 1. The van der Waals surface area contributed by atoms with Gasteiger partial charge in [-0.05, 0) is 31.2 Å². The predicted molar refractivity (Wildman–Crippen MR) is 74.2 cm³/mol. The molecule has 0 unspecified atom stereocenters. The van der Waals surface area contributed by atoms with Crippen molar-refractivity contribution in [3.8, 4) is 0 Å². The van der Waals surface area contributed by atoms with Crippen LogP contribution in [0.1, 0.15) is 39.1 Å². The summed E-state index contributed by atoms with van der Waals surface area (Å²) in [5.41, 5.74) is 2.60. The summed E-state index contributed by atoms with van der Waals surface area (Å²) in [6.07, 6.45) is 2.16. The lowest BCUT2D eigenvalue weighted by atomic mass is 10.2. The number of hydrogen-bond acceptors (Lipinski definition) is 4. The zero-order valence-electron chi connectivity index (χ0n) is 10.1. The Hall–Kier alpha value is -1.20. The minimum Gasteiger partial charge on any atom is -0.330 e. The Balaban J connectivity index is 1.88. The summed E-state index contributed by atoms with van der Waals surface area (Å²) in [6, 6.07) is 4.44. The Bertz CT molecular complexity index is 547. The van der Waals surface area contributed by atoms with Gasteiger partial charge in [0, 0.05) is 11.4 Å². The Labute approximate surface area is 114 Å². The number of aromatic nitrogens is 1. The minimum atomic E-state index is 0.144. The summed E-state index contributed by atoms with van der Waals surface area (Å²) < 4.78 is 0. The summed E-state index contributed by atoms with van der Waals surface area (Å²) in [5.74, 6) is 0.144. The molecular formula is C13H14N2OS2. The molecule has 94 valence electrons. The number of carbonyl (C=O) groups excluding carboxylic acids is 1. The number of thiazole rings is 1. The first kappa shape index (κ1) is 11.9. The summed E-state index contributed by atoms with van der Waals surface area (Å²) in [4.78, 5) is 20.8. The van der Waals surface area contributed by atoms with Gasteiger partial charge in [-0.1, -0.05) is 6.07 Å². The van der Waals surface area contributed by atoms with E-state index in [1.165, 1.54) is 16.2 Å². The molecule has 2 aromatic rings. The maximum Gasteiger partial charge on any atom is 0.266 e. The second-order valence-electron chi connectivity index (χ2n) is 4.44. The van der Waals surface area contributed by atoms with Crippen molar-refractivity contribution in [1.29, 1.82) is 0 Å². The highest BCUT2D eigenvalue weighted by molar-refractivity contribution is 7.12. The van der Waals surface area contributed by atoms with Gasteiger partial charge in [0.25, 0.3) is 5.91 Å². The average Bonchev–Trinajstić information content (AvgIpc) is 3.09. The van der Waals surface area contributed by atoms with Crippen LogP contribution >= 0.6 is 22.7 Å². The fraction of sp³-hybridized carbons (Fsp3) is 0.385. The highest BCUT2D eigenvalue weighted by Crippen LogP contribution is 2.36. The Morgan fingerprint density at radius 2 is 2.39 bits per heavy atom. The molecule has 5 heteroatoms. The van der Waals surface area contributed by atoms with E-state index in [-0.39, 0.29) is 11.9 Å². The van der Waals surface area contributed by atoms with Crippen LogP contribution in [0.3, 0.4) is 0 Å². The first-order chi connectivity index (χ1) is 8.77. The average molecular weight is 278 g/mol. The van der Waals surface area contributed by atoms with Crippen molar-refractivity contribution in [2.75, 3.05) is 6.54 Å². The molecule has 1 saturated heterocycles. The fourth-order valence-corrected chi connectivity index (χ4v) is 4.06. The number of hydrogen-bond donors (Lipinski definition) is 0. The number of rotatable bonds is 2. The highest BCUT2D eigenvalue weighted by Gasteiger charge is 2.32. The smallest absolute Gasteiger partial charge is 0.266 e. The molecular weight excluding hydrogens is 264 g/mol. The van der Waals surface area contributed by atoms with Gasteiger partial charge in [-0.15, -0.1) is 22.7 Å². The van der Waals surface area contributed by atoms with Gasteiger partial charge in [-0.3, -0.25) is 4.79 Å². The maximum absolute atomic E-state index is 12.5. The monoisotopic (exact) mass is 278 g/mol. The van der Waals surface area contributed by atoms with Gasteiger partial charge >= 0.3 is 0 Å². The van der Waals surface area contributed by atoms with Gasteiger partial charge in [-0.2, -0.15) is 0 Å². The molecule has 1 fully saturated rings. The minimum absolute atomic E-state index is 0.144. The lowest BCUT2D eigenvalue weighted by molar-refractivity contribution is 0.0742. The molecule has 0 bridgehead atoms. The van der Waals surface area contributed by atoms with Crippen LogP contribution in [0.5, 0.6) is 0 Å². The maximum atomic E-state index is 12.5. The third-order valence-corrected chi connectivity index (χ3v) is 5.22. The molecule has 18 heavy (non-hydrogen) atoms. The number of nitrogens with zero attached hydrogens (tertiary/aromatic N) is 2. The summed E-state index contributed by atoms with van der Waals surface area (Å²) in [6.45, 7) is 2.76. The topological polar surface area (TPSA) is 33.2 Å². The van der Waals surface area contributed by atoms with Gasteiger partial charge in [0.05, 0.1) is 17.2 Å². The quantitative estimate of drug-likeness (QED) is 0.842. The molecule has 0 N–H and O–H groups in total. The van der Waals surface area contributed by atoms with E-state index >= 15 is 0 Å². The third-order valence-electron chi connectivity index (χ3n) is 3.33. The first-order valence-electron chi connectivity index (χ1n) is 6.02. The van der Waals surface area contributed by atoms with E-state index in [1.54, 1.807) is 16.8 Å². The molecule has 3 rings (SSSR count). The van der Waals surface area contributed by atoms with Crippen LogP contribution in [0.25, 0.3) is 0 Å². The number of carbonyl (C=O) groups is 1. The van der Waals surface area contributed by atoms with Crippen molar-refractivity contribution in [1.82, 2.24) is 9.88 Å². The lowest BCUT2D eigenvalue weighted by Crippen LogP contribution is -2.30. The van der Waals surface area contributed by atoms with Gasteiger partial charge in [0.2, 0.25) is 0 Å². The highest BCUT2D eigenvalue weighted by atomic mass is 32.1. The Morgan fingerprint density at radius 3 is 3.06 bits per heavy atom. The molecule has 3 heterocycles. The molecule has 0 saturated carbocycles. The van der Waals surface area contributed by atoms with E-state index in [4.69, 9.17) is 0 Å². The lowest BCUT2D eigenvalue weighted by Gasteiger charge is -2.23. The van der Waals surface area contributed by atoms with E-state index in [0.29, 0.717) is 0 Å². The van der Waals surface area contributed by atoms with E-state index < -0.39 is 0 Å². The Morgan fingerprint density at radius 1 is 1.50 bits per heavy atom. The van der Waals surface area contributed by atoms with Crippen LogP contribution in [0.2, 0.25) is 0 Å². The normalized spacial score (nSPS) is 19.4. The van der Waals surface area contributed by atoms with Crippen molar-refractivity contribution < 1.29 is 4.79 Å². The molecule has 0 spiro atoms. The van der Waals surface area contributed by atoms with E-state index in [0.717, 1.165) is 30.0 Å². The fourth-order valence-electron chi connectivity index (χ4n) is 2.42. The summed E-state index contributed by atoms with van der Waals surface area (Å²) >= 11 is 3.18. The van der Waals surface area contributed by atoms with Crippen molar-refractivity contribution in [2.24, 2.45) is 0 Å². The summed E-state index contributed by atoms with van der Waals surface area (Å²) in [5, 5.41) is 2.08. The number of thiophene rings is 1. The Kier molecular flexibility index (Phi) is 3.18. The first-order valence-corrected chi connectivity index (χ1v) is 7.78. The molecule has 1 atom stereocenters. The van der Waals surface area contributed by atoms with Gasteiger partial charge in [0.15, 0.2) is 0 Å². The zero-order chi connectivity index (χ0) is 12.5. The molecule has 0 radical (unpaired) electrons. The molecule has 3 nitrogen and oxygen atoms in total. The van der Waals surface area contributed by atoms with Crippen LogP contribution < -0.4 is 0 Å². The van der Waals surface area contributed by atoms with E-state index in [2.05, 4.69) is 22.5 Å². The van der Waals surface area contributed by atoms with E-state index in [9.17, 15) is 4.79 Å². The third kappa shape index (κ3) is 1.97. The molecule has 0 aliphatic carbocycles. The van der Waals surface area contributed by atoms with E-state index in [1.807, 2.05) is 11.8 Å². The zero-order valence-corrected chi connectivity index (χ0v) is 11.8. The summed E-state index contributed by atoms with van der Waals surface area (Å²) in [7, 11) is 0. The molecule has 1 amide bonds. The molecule has 2 aromatic heterocycles. The number of aryl methyl sites for hydroxylation is 1. The van der Waals surface area contributed by atoms with Crippen LogP contribution in [-0.4, -0.2) is 22.3 Å². The van der Waals surface area contributed by atoms with Crippen molar-refractivity contribution in [3.05, 3.63) is 38.5 Å². The van der Waals surface area contributed by atoms with Gasteiger partial charge < -0.3 is 4.90 Å². The molecule has 0 aromatic carbocycles. The predicted octanol–water partition coefficient (Wildman–Crippen LogP) is 3.49. The van der Waals surface area contributed by atoms with Crippen LogP contribution in [0.15, 0.2) is 23.0 Å². The second-order valence-corrected chi connectivity index (χ2v) is 6.27. The van der Waals surface area contributed by atoms with Crippen LogP contribution in [0, 0.1) is 6.92 Å². The largest absolute Gasteiger partial charge is 0.330 e. The molecule has 1 aliphatic rings. The molecule has 1 aliphatic heterocycles. The second kappa shape index (κ2) is 4.82. The van der Waals surface area contributed by atoms with Gasteiger partial charge in [0.1, 0.15) is 4.88 Å².